The number of aliphatic hydroxyl groups excluding tert-OH is 3. The Morgan fingerprint density at radius 2 is 1.40 bits per heavy atom. The fourth-order valence-electron chi connectivity index (χ4n) is 3.26. The molecule has 6 heteroatoms. The van der Waals surface area contributed by atoms with Gasteiger partial charge in [0.15, 0.2) is 6.29 Å². The maximum atomic E-state index is 10.2. The van der Waals surface area contributed by atoms with Crippen LogP contribution in [0.3, 0.4) is 0 Å². The molecule has 1 rings (SSSR count). The third-order valence-corrected chi connectivity index (χ3v) is 4.86. The van der Waals surface area contributed by atoms with Crippen molar-refractivity contribution < 1.29 is 29.5 Å². The van der Waals surface area contributed by atoms with Crippen LogP contribution in [0, 0.1) is 0 Å². The van der Waals surface area contributed by atoms with Crippen molar-refractivity contribution in [3.05, 3.63) is 0 Å². The molecule has 6 nitrogen and oxygen atoms in total. The summed E-state index contributed by atoms with van der Waals surface area (Å²) < 4.78 is 16.1. The monoisotopic (exact) mass is 362 g/mol. The normalized spacial score (nSPS) is 29.9. The topological polar surface area (TPSA) is 88.4 Å². The van der Waals surface area contributed by atoms with Crippen molar-refractivity contribution >= 4 is 0 Å². The first-order valence-corrected chi connectivity index (χ1v) is 9.92. The van der Waals surface area contributed by atoms with Crippen molar-refractivity contribution in [1.82, 2.24) is 0 Å². The van der Waals surface area contributed by atoms with Crippen LogP contribution >= 0.6 is 0 Å². The molecule has 0 aromatic carbocycles. The first kappa shape index (κ1) is 22.8. The highest BCUT2D eigenvalue weighted by molar-refractivity contribution is 4.90. The molecule has 0 amide bonds. The Labute approximate surface area is 152 Å². The van der Waals surface area contributed by atoms with E-state index in [0.29, 0.717) is 6.61 Å². The van der Waals surface area contributed by atoms with Crippen LogP contribution in [0.25, 0.3) is 0 Å². The van der Waals surface area contributed by atoms with Crippen molar-refractivity contribution in [1.29, 1.82) is 0 Å². The van der Waals surface area contributed by atoms with Gasteiger partial charge in [-0.15, -0.1) is 0 Å². The van der Waals surface area contributed by atoms with Crippen molar-refractivity contribution in [2.75, 3.05) is 20.3 Å². The Morgan fingerprint density at radius 3 is 1.92 bits per heavy atom. The van der Waals surface area contributed by atoms with Crippen LogP contribution in [0.4, 0.5) is 0 Å². The standard InChI is InChI=1S/C19H38O6/c1-3-4-5-6-7-8-9-10-11-12-13-24-18-15(14-20)25-19(23-2)17(22)16(18)21/h15-22H,3-14H2,1-2H3/t15?,16-,17?,18-,19+/m1/s1. The minimum Gasteiger partial charge on any atom is -0.394 e. The number of hydrogen-bond acceptors (Lipinski definition) is 6. The van der Waals surface area contributed by atoms with E-state index in [2.05, 4.69) is 6.92 Å². The van der Waals surface area contributed by atoms with E-state index in [4.69, 9.17) is 14.2 Å². The third-order valence-electron chi connectivity index (χ3n) is 4.86. The second-order valence-electron chi connectivity index (χ2n) is 6.96. The molecule has 1 heterocycles. The zero-order chi connectivity index (χ0) is 18.5. The molecule has 1 aliphatic rings. The number of hydrogen-bond donors (Lipinski definition) is 3. The lowest BCUT2D eigenvalue weighted by Crippen LogP contribution is -2.59. The number of ether oxygens (including phenoxy) is 3. The highest BCUT2D eigenvalue weighted by atomic mass is 16.7. The van der Waals surface area contributed by atoms with E-state index in [-0.39, 0.29) is 6.61 Å². The lowest BCUT2D eigenvalue weighted by molar-refractivity contribution is -0.301. The number of aliphatic hydroxyl groups is 3. The Kier molecular flexibility index (Phi) is 12.7. The highest BCUT2D eigenvalue weighted by Crippen LogP contribution is 2.24. The molecule has 0 bridgehead atoms. The minimum absolute atomic E-state index is 0.285. The average molecular weight is 363 g/mol. The van der Waals surface area contributed by atoms with Crippen LogP contribution in [-0.4, -0.2) is 66.3 Å². The van der Waals surface area contributed by atoms with Crippen LogP contribution in [0.2, 0.25) is 0 Å². The predicted molar refractivity (Wildman–Crippen MR) is 96.4 cm³/mol. The largest absolute Gasteiger partial charge is 0.394 e. The predicted octanol–water partition coefficient (Wildman–Crippen LogP) is 2.38. The van der Waals surface area contributed by atoms with Crippen molar-refractivity contribution in [2.45, 2.75) is 102 Å². The van der Waals surface area contributed by atoms with E-state index in [1.54, 1.807) is 0 Å². The Bertz CT molecular complexity index is 312. The molecule has 1 fully saturated rings. The highest BCUT2D eigenvalue weighted by Gasteiger charge is 2.45. The van der Waals surface area contributed by atoms with Crippen LogP contribution in [-0.2, 0) is 14.2 Å². The van der Waals surface area contributed by atoms with Crippen LogP contribution < -0.4 is 0 Å². The summed E-state index contributed by atoms with van der Waals surface area (Å²) in [6.45, 7) is 2.44. The van der Waals surface area contributed by atoms with Gasteiger partial charge in [0.1, 0.15) is 24.4 Å². The fraction of sp³-hybridized carbons (Fsp3) is 1.00. The average Bonchev–Trinajstić information content (AvgIpc) is 2.63. The lowest BCUT2D eigenvalue weighted by Gasteiger charge is -2.41. The number of rotatable bonds is 14. The van der Waals surface area contributed by atoms with Gasteiger partial charge in [0, 0.05) is 13.7 Å². The van der Waals surface area contributed by atoms with Crippen molar-refractivity contribution in [2.24, 2.45) is 0 Å². The summed E-state index contributed by atoms with van der Waals surface area (Å²) in [6.07, 6.45) is 7.77. The Balaban J connectivity index is 2.10. The smallest absolute Gasteiger partial charge is 0.186 e. The Morgan fingerprint density at radius 1 is 0.840 bits per heavy atom. The maximum Gasteiger partial charge on any atom is 0.186 e. The molecular weight excluding hydrogens is 324 g/mol. The van der Waals surface area contributed by atoms with Gasteiger partial charge in [-0.25, -0.2) is 0 Å². The molecule has 150 valence electrons. The first-order valence-electron chi connectivity index (χ1n) is 9.92. The summed E-state index contributed by atoms with van der Waals surface area (Å²) in [5, 5.41) is 29.5. The molecule has 0 aromatic heterocycles. The molecule has 0 aromatic rings. The van der Waals surface area contributed by atoms with E-state index >= 15 is 0 Å². The van der Waals surface area contributed by atoms with E-state index in [0.717, 1.165) is 12.8 Å². The van der Waals surface area contributed by atoms with Gasteiger partial charge in [-0.2, -0.15) is 0 Å². The molecule has 2 unspecified atom stereocenters. The molecule has 0 saturated carbocycles. The van der Waals surface area contributed by atoms with Gasteiger partial charge in [-0.1, -0.05) is 64.7 Å². The van der Waals surface area contributed by atoms with Crippen LogP contribution in [0.5, 0.6) is 0 Å². The maximum absolute atomic E-state index is 10.2. The fourth-order valence-corrected chi connectivity index (χ4v) is 3.26. The molecule has 5 atom stereocenters. The summed E-state index contributed by atoms with van der Waals surface area (Å²) in [5.41, 5.74) is 0. The third kappa shape index (κ3) is 8.33. The molecule has 3 N–H and O–H groups in total. The summed E-state index contributed by atoms with van der Waals surface area (Å²) in [5.74, 6) is 0. The summed E-state index contributed by atoms with van der Waals surface area (Å²) in [7, 11) is 1.39. The quantitative estimate of drug-likeness (QED) is 0.411. The zero-order valence-electron chi connectivity index (χ0n) is 15.9. The van der Waals surface area contributed by atoms with E-state index in [1.165, 1.54) is 58.5 Å². The second-order valence-corrected chi connectivity index (χ2v) is 6.96. The summed E-state index contributed by atoms with van der Waals surface area (Å²) in [6, 6.07) is 0. The molecule has 0 spiro atoms. The molecule has 0 radical (unpaired) electrons. The summed E-state index contributed by atoms with van der Waals surface area (Å²) in [4.78, 5) is 0. The van der Waals surface area contributed by atoms with Crippen LogP contribution in [0.1, 0.15) is 71.1 Å². The lowest BCUT2D eigenvalue weighted by atomic mass is 9.99. The zero-order valence-corrected chi connectivity index (χ0v) is 15.9. The first-order chi connectivity index (χ1) is 12.2. The number of unbranched alkanes of at least 4 members (excludes halogenated alkanes) is 9. The van der Waals surface area contributed by atoms with Gasteiger partial charge in [0.25, 0.3) is 0 Å². The van der Waals surface area contributed by atoms with Gasteiger partial charge in [0.2, 0.25) is 0 Å². The van der Waals surface area contributed by atoms with E-state index < -0.39 is 30.7 Å². The van der Waals surface area contributed by atoms with Gasteiger partial charge in [-0.05, 0) is 6.42 Å². The molecule has 25 heavy (non-hydrogen) atoms. The summed E-state index contributed by atoms with van der Waals surface area (Å²) >= 11 is 0. The Hall–Kier alpha value is -0.240. The van der Waals surface area contributed by atoms with Gasteiger partial charge in [-0.3, -0.25) is 0 Å². The molecule has 0 aliphatic carbocycles. The van der Waals surface area contributed by atoms with Gasteiger partial charge in [0.05, 0.1) is 6.61 Å². The van der Waals surface area contributed by atoms with E-state index in [1.807, 2.05) is 0 Å². The van der Waals surface area contributed by atoms with Crippen LogP contribution in [0.15, 0.2) is 0 Å². The van der Waals surface area contributed by atoms with Gasteiger partial charge < -0.3 is 29.5 Å². The molecule has 1 saturated heterocycles. The molecule has 1 aliphatic heterocycles. The van der Waals surface area contributed by atoms with E-state index in [9.17, 15) is 15.3 Å². The van der Waals surface area contributed by atoms with Crippen molar-refractivity contribution in [3.63, 3.8) is 0 Å². The SMILES string of the molecule is CCCCCCCCCCCCO[C@@H]1C(CO)O[C@H](OC)C(O)[C@H]1O. The van der Waals surface area contributed by atoms with Gasteiger partial charge >= 0.3 is 0 Å². The second kappa shape index (κ2) is 13.9. The van der Waals surface area contributed by atoms with Crippen molar-refractivity contribution in [3.8, 4) is 0 Å². The molecular formula is C19H38O6. The number of methoxy groups -OCH3 is 1. The minimum atomic E-state index is -1.18.